The van der Waals surface area contributed by atoms with Crippen molar-refractivity contribution in [3.05, 3.63) is 46.7 Å². The second-order valence-electron chi connectivity index (χ2n) is 4.33. The lowest BCUT2D eigenvalue weighted by Crippen LogP contribution is -2.25. The van der Waals surface area contributed by atoms with E-state index in [-0.39, 0.29) is 12.5 Å². The Hall–Kier alpha value is -2.45. The molecule has 1 aromatic heterocycles. The number of thiophene rings is 1. The van der Waals surface area contributed by atoms with Crippen molar-refractivity contribution in [1.29, 1.82) is 0 Å². The Morgan fingerprint density at radius 1 is 1.18 bits per heavy atom. The third kappa shape index (κ3) is 5.15. The second kappa shape index (κ2) is 8.75. The highest BCUT2D eigenvalue weighted by Gasteiger charge is 2.02. The lowest BCUT2D eigenvalue weighted by molar-refractivity contribution is -0.120. The van der Waals surface area contributed by atoms with Crippen molar-refractivity contribution in [2.75, 3.05) is 20.3 Å². The molecule has 0 saturated carbocycles. The van der Waals surface area contributed by atoms with Gasteiger partial charge in [0.05, 0.1) is 20.1 Å². The van der Waals surface area contributed by atoms with E-state index < -0.39 is 0 Å². The summed E-state index contributed by atoms with van der Waals surface area (Å²) >= 11 is 1.57. The van der Waals surface area contributed by atoms with E-state index in [4.69, 9.17) is 9.47 Å². The first-order valence-corrected chi connectivity index (χ1v) is 7.68. The lowest BCUT2D eigenvalue weighted by Gasteiger charge is -2.07. The van der Waals surface area contributed by atoms with Crippen molar-refractivity contribution in [3.8, 4) is 23.3 Å². The number of benzene rings is 1. The van der Waals surface area contributed by atoms with Gasteiger partial charge in [0.25, 0.3) is 0 Å². The maximum Gasteiger partial charge on any atom is 0.226 e. The zero-order valence-corrected chi connectivity index (χ0v) is 13.1. The molecule has 0 fully saturated rings. The molecule has 2 aromatic rings. The van der Waals surface area contributed by atoms with Gasteiger partial charge in [-0.25, -0.2) is 0 Å². The van der Waals surface area contributed by atoms with Gasteiger partial charge in [-0.05, 0) is 23.6 Å². The van der Waals surface area contributed by atoms with Gasteiger partial charge in [0.2, 0.25) is 5.91 Å². The monoisotopic (exact) mass is 315 g/mol. The van der Waals surface area contributed by atoms with Crippen molar-refractivity contribution in [3.63, 3.8) is 0 Å². The molecule has 1 N–H and O–H groups in total. The van der Waals surface area contributed by atoms with E-state index in [2.05, 4.69) is 17.2 Å². The van der Waals surface area contributed by atoms with Crippen LogP contribution in [0.3, 0.4) is 0 Å². The molecule has 0 spiro atoms. The topological polar surface area (TPSA) is 47.6 Å². The average Bonchev–Trinajstić information content (AvgIpc) is 3.04. The van der Waals surface area contributed by atoms with Gasteiger partial charge in [-0.3, -0.25) is 4.79 Å². The number of carbonyl (C=O) groups is 1. The number of rotatable bonds is 6. The van der Waals surface area contributed by atoms with Crippen molar-refractivity contribution >= 4 is 17.2 Å². The van der Waals surface area contributed by atoms with Crippen LogP contribution in [-0.2, 0) is 11.2 Å². The normalized spacial score (nSPS) is 9.50. The van der Waals surface area contributed by atoms with Gasteiger partial charge in [-0.1, -0.05) is 30.0 Å². The van der Waals surface area contributed by atoms with Crippen LogP contribution >= 0.6 is 11.3 Å². The summed E-state index contributed by atoms with van der Waals surface area (Å²) in [4.78, 5) is 12.7. The summed E-state index contributed by atoms with van der Waals surface area (Å²) in [5.74, 6) is 7.02. The number of ether oxygens (including phenoxy) is 2. The molecule has 4 nitrogen and oxygen atoms in total. The molecule has 0 aliphatic heterocycles. The molecule has 1 heterocycles. The Balaban J connectivity index is 1.68. The van der Waals surface area contributed by atoms with E-state index in [1.807, 2.05) is 41.8 Å². The van der Waals surface area contributed by atoms with Crippen LogP contribution in [0.15, 0.2) is 41.8 Å². The van der Waals surface area contributed by atoms with Crippen molar-refractivity contribution in [2.45, 2.75) is 6.42 Å². The number of para-hydroxylation sites is 2. The molecule has 0 atom stereocenters. The highest BCUT2D eigenvalue weighted by molar-refractivity contribution is 7.10. The second-order valence-corrected chi connectivity index (χ2v) is 5.36. The van der Waals surface area contributed by atoms with E-state index in [0.29, 0.717) is 24.5 Å². The summed E-state index contributed by atoms with van der Waals surface area (Å²) in [6.45, 7) is 0.570. The quantitative estimate of drug-likeness (QED) is 0.833. The molecule has 1 aromatic carbocycles. The van der Waals surface area contributed by atoms with Crippen molar-refractivity contribution in [1.82, 2.24) is 5.32 Å². The van der Waals surface area contributed by atoms with Crippen LogP contribution < -0.4 is 14.8 Å². The van der Waals surface area contributed by atoms with Gasteiger partial charge >= 0.3 is 0 Å². The van der Waals surface area contributed by atoms with Crippen LogP contribution in [0.1, 0.15) is 4.88 Å². The Morgan fingerprint density at radius 3 is 2.73 bits per heavy atom. The van der Waals surface area contributed by atoms with Crippen LogP contribution in [0.2, 0.25) is 0 Å². The predicted molar refractivity (Wildman–Crippen MR) is 87.3 cm³/mol. The SMILES string of the molecule is COc1ccccc1OCC#CCNC(=O)Cc1cccs1. The first-order valence-electron chi connectivity index (χ1n) is 6.80. The number of carbonyl (C=O) groups excluding carboxylic acids is 1. The largest absolute Gasteiger partial charge is 0.493 e. The summed E-state index contributed by atoms with van der Waals surface area (Å²) in [7, 11) is 1.59. The molecule has 22 heavy (non-hydrogen) atoms. The lowest BCUT2D eigenvalue weighted by atomic mass is 10.3. The molecular weight excluding hydrogens is 298 g/mol. The Kier molecular flexibility index (Phi) is 6.34. The van der Waals surface area contributed by atoms with Crippen LogP contribution in [0.25, 0.3) is 0 Å². The Morgan fingerprint density at radius 2 is 2.00 bits per heavy atom. The van der Waals surface area contributed by atoms with E-state index in [0.717, 1.165) is 4.88 Å². The predicted octanol–water partition coefficient (Wildman–Crippen LogP) is 2.50. The fraction of sp³-hybridized carbons (Fsp3) is 0.235. The molecular formula is C17H17NO3S. The third-order valence-corrected chi connectivity index (χ3v) is 3.66. The van der Waals surface area contributed by atoms with Gasteiger partial charge < -0.3 is 14.8 Å². The molecule has 0 saturated heterocycles. The molecule has 0 unspecified atom stereocenters. The van der Waals surface area contributed by atoms with Crippen LogP contribution in [-0.4, -0.2) is 26.2 Å². The Labute approximate surface area is 134 Å². The van der Waals surface area contributed by atoms with Gasteiger partial charge in [-0.2, -0.15) is 0 Å². The van der Waals surface area contributed by atoms with Crippen LogP contribution in [0, 0.1) is 11.8 Å². The Bertz CT molecular complexity index is 656. The summed E-state index contributed by atoms with van der Waals surface area (Å²) in [6.07, 6.45) is 0.400. The fourth-order valence-electron chi connectivity index (χ4n) is 1.74. The van der Waals surface area contributed by atoms with E-state index in [1.165, 1.54) is 0 Å². The van der Waals surface area contributed by atoms with E-state index in [9.17, 15) is 4.79 Å². The van der Waals surface area contributed by atoms with E-state index in [1.54, 1.807) is 18.4 Å². The highest BCUT2D eigenvalue weighted by Crippen LogP contribution is 2.25. The van der Waals surface area contributed by atoms with Crippen LogP contribution in [0.4, 0.5) is 0 Å². The summed E-state index contributed by atoms with van der Waals surface area (Å²) < 4.78 is 10.7. The minimum absolute atomic E-state index is 0.0256. The maximum atomic E-state index is 11.6. The first kappa shape index (κ1) is 15.9. The molecule has 2 rings (SSSR count). The molecule has 0 aliphatic rings. The number of methoxy groups -OCH3 is 1. The van der Waals surface area contributed by atoms with E-state index >= 15 is 0 Å². The summed E-state index contributed by atoms with van der Waals surface area (Å²) in [6, 6.07) is 11.3. The van der Waals surface area contributed by atoms with Crippen LogP contribution in [0.5, 0.6) is 11.5 Å². The van der Waals surface area contributed by atoms with Gasteiger partial charge in [0.15, 0.2) is 11.5 Å². The molecule has 1 amide bonds. The number of hydrogen-bond donors (Lipinski definition) is 1. The molecule has 0 radical (unpaired) electrons. The van der Waals surface area contributed by atoms with Gasteiger partial charge in [0, 0.05) is 4.88 Å². The minimum atomic E-state index is -0.0256. The third-order valence-electron chi connectivity index (χ3n) is 2.78. The standard InChI is InChI=1S/C17H17NO3S/c1-20-15-8-2-3-9-16(15)21-11-5-4-10-18-17(19)13-14-7-6-12-22-14/h2-3,6-9,12H,10-11,13H2,1H3,(H,18,19). The minimum Gasteiger partial charge on any atom is -0.493 e. The maximum absolute atomic E-state index is 11.6. The van der Waals surface area contributed by atoms with Crippen molar-refractivity contribution < 1.29 is 14.3 Å². The number of nitrogens with one attached hydrogen (secondary N) is 1. The average molecular weight is 315 g/mol. The molecule has 114 valence electrons. The summed E-state index contributed by atoms with van der Waals surface area (Å²) in [5, 5.41) is 4.71. The zero-order valence-electron chi connectivity index (χ0n) is 12.3. The summed E-state index contributed by atoms with van der Waals surface area (Å²) in [5.41, 5.74) is 0. The van der Waals surface area contributed by atoms with Crippen molar-refractivity contribution in [2.24, 2.45) is 0 Å². The molecule has 5 heteroatoms. The molecule has 0 bridgehead atoms. The zero-order chi connectivity index (χ0) is 15.6. The fourth-order valence-corrected chi connectivity index (χ4v) is 2.45. The highest BCUT2D eigenvalue weighted by atomic mass is 32.1. The number of hydrogen-bond acceptors (Lipinski definition) is 4. The smallest absolute Gasteiger partial charge is 0.226 e. The van der Waals surface area contributed by atoms with Gasteiger partial charge in [-0.15, -0.1) is 11.3 Å². The van der Waals surface area contributed by atoms with Gasteiger partial charge in [0.1, 0.15) is 6.61 Å². The number of amides is 1. The molecule has 0 aliphatic carbocycles. The first-order chi connectivity index (χ1) is 10.8.